The number of Topliss-reactive ketones (excluding diaryl/α,β-unsaturated/α-hetero) is 1. The fourth-order valence-corrected chi connectivity index (χ4v) is 0.423. The van der Waals surface area contributed by atoms with Crippen LogP contribution >= 0.6 is 23.2 Å². The van der Waals surface area contributed by atoms with Gasteiger partial charge >= 0.3 is 0 Å². The van der Waals surface area contributed by atoms with Crippen LogP contribution in [0.1, 0.15) is 6.42 Å². The molecule has 0 aliphatic rings. The Morgan fingerprint density at radius 1 is 1.56 bits per heavy atom. The Hall–Kier alpha value is -0.150. The highest BCUT2D eigenvalue weighted by Gasteiger charge is 2.15. The van der Waals surface area contributed by atoms with Crippen molar-refractivity contribution in [3.8, 4) is 0 Å². The lowest BCUT2D eigenvalue weighted by molar-refractivity contribution is -0.125. The molecule has 0 fully saturated rings. The third-order valence-electron chi connectivity index (χ3n) is 0.557. The second kappa shape index (κ2) is 3.80. The van der Waals surface area contributed by atoms with E-state index in [1.165, 1.54) is 0 Å². The maximum Gasteiger partial charge on any atom is 0.231 e. The van der Waals surface area contributed by atoms with Crippen LogP contribution in [0.3, 0.4) is 0 Å². The summed E-state index contributed by atoms with van der Waals surface area (Å²) in [5, 5.41) is -0.900. The highest BCUT2D eigenvalue weighted by Crippen LogP contribution is 2.03. The molecule has 0 radical (unpaired) electrons. The molecule has 9 heavy (non-hydrogen) atoms. The molecule has 0 saturated heterocycles. The highest BCUT2D eigenvalue weighted by molar-refractivity contribution is 6.65. The Morgan fingerprint density at radius 2 is 2.00 bits per heavy atom. The zero-order valence-corrected chi connectivity index (χ0v) is 5.75. The van der Waals surface area contributed by atoms with Crippen molar-refractivity contribution >= 4 is 34.2 Å². The maximum absolute atomic E-state index is 11.7. The summed E-state index contributed by atoms with van der Waals surface area (Å²) < 4.78 is 11.7. The third kappa shape index (κ3) is 4.36. The molecule has 0 rings (SSSR count). The number of alkyl halides is 2. The monoisotopic (exact) mass is 172 g/mol. The first-order valence-electron chi connectivity index (χ1n) is 2.03. The Labute approximate surface area is 60.9 Å². The minimum Gasteiger partial charge on any atom is -0.294 e. The summed E-state index contributed by atoms with van der Waals surface area (Å²) in [6.07, 6.45) is -0.647. The van der Waals surface area contributed by atoms with E-state index in [4.69, 9.17) is 11.6 Å². The predicted octanol–water partition coefficient (Wildman–Crippen LogP) is 1.25. The van der Waals surface area contributed by atoms with Crippen LogP contribution in [0.25, 0.3) is 0 Å². The molecule has 52 valence electrons. The van der Waals surface area contributed by atoms with E-state index in [1.807, 2.05) is 0 Å². The van der Waals surface area contributed by atoms with Crippen LogP contribution in [0.15, 0.2) is 0 Å². The smallest absolute Gasteiger partial charge is 0.231 e. The van der Waals surface area contributed by atoms with Crippen LogP contribution in [0.4, 0.5) is 4.39 Å². The lowest BCUT2D eigenvalue weighted by Gasteiger charge is -1.91. The van der Waals surface area contributed by atoms with E-state index in [2.05, 4.69) is 11.6 Å². The zero-order chi connectivity index (χ0) is 7.44. The molecule has 0 aliphatic carbocycles. The molecule has 0 bridgehead atoms. The summed E-state index contributed by atoms with van der Waals surface area (Å²) in [5.41, 5.74) is -2.12. The van der Waals surface area contributed by atoms with Gasteiger partial charge in [0.1, 0.15) is 0 Å². The first kappa shape index (κ1) is 8.85. The molecular weight excluding hydrogens is 170 g/mol. The fraction of sp³-hybridized carbons (Fsp3) is 0.500. The van der Waals surface area contributed by atoms with E-state index in [0.29, 0.717) is 0 Å². The molecule has 1 unspecified atom stereocenters. The third-order valence-corrected chi connectivity index (χ3v) is 0.934. The summed E-state index contributed by atoms with van der Waals surface area (Å²) >= 11 is 9.38. The largest absolute Gasteiger partial charge is 0.294 e. The van der Waals surface area contributed by atoms with E-state index in [0.717, 1.165) is 0 Å². The van der Waals surface area contributed by atoms with Crippen molar-refractivity contribution in [3.63, 3.8) is 0 Å². The van der Waals surface area contributed by atoms with Crippen LogP contribution < -0.4 is 0 Å². The minimum atomic E-state index is -2.12. The fourth-order valence-electron chi connectivity index (χ4n) is 0.214. The summed E-state index contributed by atoms with van der Waals surface area (Å²) in [6, 6.07) is 0. The van der Waals surface area contributed by atoms with Gasteiger partial charge in [0.25, 0.3) is 0 Å². The highest BCUT2D eigenvalue weighted by atomic mass is 35.5. The number of hydrogen-bond donors (Lipinski definition) is 0. The van der Waals surface area contributed by atoms with Gasteiger partial charge in [0.2, 0.25) is 10.9 Å². The summed E-state index contributed by atoms with van der Waals surface area (Å²) in [6.45, 7) is 0. The summed E-state index contributed by atoms with van der Waals surface area (Å²) in [5.74, 6) is -1.00. The molecule has 0 aromatic heterocycles. The second-order valence-corrected chi connectivity index (χ2v) is 2.10. The van der Waals surface area contributed by atoms with Crippen LogP contribution in [0.2, 0.25) is 0 Å². The van der Waals surface area contributed by atoms with E-state index in [1.54, 1.807) is 0 Å². The van der Waals surface area contributed by atoms with Crippen molar-refractivity contribution in [1.82, 2.24) is 0 Å². The molecule has 5 heteroatoms. The van der Waals surface area contributed by atoms with Crippen LogP contribution in [-0.2, 0) is 9.59 Å². The minimum absolute atomic E-state index is 0.647. The van der Waals surface area contributed by atoms with Crippen molar-refractivity contribution in [3.05, 3.63) is 0 Å². The molecule has 0 heterocycles. The number of carbonyl (C=O) groups excluding carboxylic acids is 2. The predicted molar refractivity (Wildman–Crippen MR) is 31.2 cm³/mol. The lowest BCUT2D eigenvalue weighted by Crippen LogP contribution is -2.11. The second-order valence-electron chi connectivity index (χ2n) is 1.30. The van der Waals surface area contributed by atoms with Gasteiger partial charge in [0.05, 0.1) is 6.42 Å². The Kier molecular flexibility index (Phi) is 3.73. The van der Waals surface area contributed by atoms with Gasteiger partial charge in [-0.05, 0) is 11.6 Å². The number of carbonyl (C=O) groups is 2. The number of hydrogen-bond acceptors (Lipinski definition) is 2. The molecule has 1 atom stereocenters. The molecule has 0 saturated carbocycles. The van der Waals surface area contributed by atoms with Crippen molar-refractivity contribution < 1.29 is 14.0 Å². The average molecular weight is 173 g/mol. The number of rotatable bonds is 3. The van der Waals surface area contributed by atoms with Crippen molar-refractivity contribution in [2.45, 2.75) is 12.1 Å². The van der Waals surface area contributed by atoms with Gasteiger partial charge < -0.3 is 0 Å². The number of halogens is 3. The van der Waals surface area contributed by atoms with Gasteiger partial charge in [0.15, 0.2) is 5.78 Å². The Morgan fingerprint density at radius 3 is 2.11 bits per heavy atom. The van der Waals surface area contributed by atoms with Crippen molar-refractivity contribution in [1.29, 1.82) is 0 Å². The van der Waals surface area contributed by atoms with Gasteiger partial charge in [-0.15, -0.1) is 0 Å². The van der Waals surface area contributed by atoms with Crippen LogP contribution in [-0.4, -0.2) is 16.7 Å². The zero-order valence-electron chi connectivity index (χ0n) is 4.23. The molecule has 0 aliphatic heterocycles. The van der Waals surface area contributed by atoms with Crippen molar-refractivity contribution in [2.75, 3.05) is 0 Å². The first-order chi connectivity index (χ1) is 4.04. The SMILES string of the molecule is O=C(Cl)CC(=O)C(F)Cl. The molecule has 0 spiro atoms. The average Bonchev–Trinajstić information content (AvgIpc) is 1.63. The van der Waals surface area contributed by atoms with Gasteiger partial charge in [0, 0.05) is 0 Å². The molecule has 0 amide bonds. The molecular formula is C4H3Cl2FO2. The molecule has 2 nitrogen and oxygen atoms in total. The van der Waals surface area contributed by atoms with Crippen LogP contribution in [0.5, 0.6) is 0 Å². The lowest BCUT2D eigenvalue weighted by atomic mass is 10.3. The van der Waals surface area contributed by atoms with Gasteiger partial charge in [-0.25, -0.2) is 4.39 Å². The quantitative estimate of drug-likeness (QED) is 0.365. The summed E-state index contributed by atoms with van der Waals surface area (Å²) in [4.78, 5) is 20.0. The Bertz CT molecular complexity index is 135. The van der Waals surface area contributed by atoms with Gasteiger partial charge in [-0.2, -0.15) is 0 Å². The van der Waals surface area contributed by atoms with Gasteiger partial charge in [-0.1, -0.05) is 11.6 Å². The molecule has 0 aromatic rings. The van der Waals surface area contributed by atoms with Crippen molar-refractivity contribution in [2.24, 2.45) is 0 Å². The first-order valence-corrected chi connectivity index (χ1v) is 2.84. The molecule has 0 N–H and O–H groups in total. The topological polar surface area (TPSA) is 34.1 Å². The Balaban J connectivity index is 3.64. The standard InChI is InChI=1S/C4H3Cl2FO2/c5-3(9)1-2(8)4(6)7/h4H,1H2. The van der Waals surface area contributed by atoms with E-state index in [9.17, 15) is 14.0 Å². The van der Waals surface area contributed by atoms with E-state index < -0.39 is 23.1 Å². The number of ketones is 1. The maximum atomic E-state index is 11.7. The summed E-state index contributed by atoms with van der Waals surface area (Å²) in [7, 11) is 0. The van der Waals surface area contributed by atoms with E-state index in [-0.39, 0.29) is 0 Å². The van der Waals surface area contributed by atoms with E-state index >= 15 is 0 Å². The van der Waals surface area contributed by atoms with Gasteiger partial charge in [-0.3, -0.25) is 9.59 Å². The molecule has 0 aromatic carbocycles. The normalized spacial score (nSPS) is 12.8. The van der Waals surface area contributed by atoms with Crippen LogP contribution in [0, 0.1) is 0 Å².